The van der Waals surface area contributed by atoms with Gasteiger partial charge in [0, 0.05) is 36.7 Å². The van der Waals surface area contributed by atoms with Crippen molar-refractivity contribution in [2.45, 2.75) is 13.3 Å². The van der Waals surface area contributed by atoms with Crippen LogP contribution >= 0.6 is 0 Å². The van der Waals surface area contributed by atoms with Crippen molar-refractivity contribution in [3.8, 4) is 16.9 Å². The largest absolute Gasteiger partial charge is 0.496 e. The fraction of sp³-hybridized carbons (Fsp3) is 0.381. The molecule has 3 rings (SSSR count). The van der Waals surface area contributed by atoms with Gasteiger partial charge in [-0.2, -0.15) is 0 Å². The molecule has 1 fully saturated rings. The van der Waals surface area contributed by atoms with Crippen molar-refractivity contribution in [2.24, 2.45) is 5.92 Å². The second-order valence-corrected chi connectivity index (χ2v) is 6.35. The number of nitrogens with zero attached hydrogens (tertiary/aromatic N) is 1. The first kappa shape index (κ1) is 17.5. The number of amides is 1. The minimum absolute atomic E-state index is 0.0641. The van der Waals surface area contributed by atoms with Gasteiger partial charge in [0.25, 0.3) is 5.91 Å². The lowest BCUT2D eigenvalue weighted by Gasteiger charge is -2.24. The van der Waals surface area contributed by atoms with Crippen LogP contribution in [0, 0.1) is 5.92 Å². The second kappa shape index (κ2) is 8.17. The Morgan fingerprint density at radius 2 is 2.04 bits per heavy atom. The number of carbonyl (C=O) groups is 1. The zero-order chi connectivity index (χ0) is 17.6. The molecule has 0 radical (unpaired) electrons. The summed E-state index contributed by atoms with van der Waals surface area (Å²) in [6.07, 6.45) is 1.03. The average Bonchev–Trinajstić information content (AvgIpc) is 3.19. The Labute approximate surface area is 149 Å². The fourth-order valence-electron chi connectivity index (χ4n) is 3.26. The van der Waals surface area contributed by atoms with Gasteiger partial charge in [-0.3, -0.25) is 4.79 Å². The number of methoxy groups -OCH3 is 1. The van der Waals surface area contributed by atoms with E-state index in [0.717, 1.165) is 43.1 Å². The summed E-state index contributed by atoms with van der Waals surface area (Å²) < 4.78 is 10.9. The number of carbonyl (C=O) groups excluding carboxylic acids is 1. The van der Waals surface area contributed by atoms with Gasteiger partial charge >= 0.3 is 0 Å². The summed E-state index contributed by atoms with van der Waals surface area (Å²) in [5.41, 5.74) is 2.68. The smallest absolute Gasteiger partial charge is 0.253 e. The molecule has 0 aromatic heterocycles. The maximum atomic E-state index is 13.0. The Morgan fingerprint density at radius 1 is 1.24 bits per heavy atom. The van der Waals surface area contributed by atoms with Crippen LogP contribution in [0.5, 0.6) is 5.75 Å². The van der Waals surface area contributed by atoms with Crippen LogP contribution in [0.2, 0.25) is 0 Å². The van der Waals surface area contributed by atoms with Crippen LogP contribution in [0.1, 0.15) is 23.7 Å². The molecule has 4 heteroatoms. The van der Waals surface area contributed by atoms with E-state index in [9.17, 15) is 4.79 Å². The molecule has 1 aliphatic heterocycles. The van der Waals surface area contributed by atoms with Crippen LogP contribution in [0.3, 0.4) is 0 Å². The minimum atomic E-state index is 0.0641. The molecule has 1 unspecified atom stereocenters. The summed E-state index contributed by atoms with van der Waals surface area (Å²) in [4.78, 5) is 14.9. The minimum Gasteiger partial charge on any atom is -0.496 e. The summed E-state index contributed by atoms with van der Waals surface area (Å²) in [5, 5.41) is 0. The Kier molecular flexibility index (Phi) is 5.71. The molecule has 1 aliphatic rings. The second-order valence-electron chi connectivity index (χ2n) is 6.35. The molecule has 132 valence electrons. The average molecular weight is 339 g/mol. The fourth-order valence-corrected chi connectivity index (χ4v) is 3.26. The van der Waals surface area contributed by atoms with Gasteiger partial charge in [0.05, 0.1) is 13.7 Å². The SMILES string of the molecule is CCN(CC1CCOC1)C(=O)c1ccc(OC)c(-c2ccccc2)c1. The number of hydrogen-bond acceptors (Lipinski definition) is 3. The van der Waals surface area contributed by atoms with E-state index in [1.807, 2.05) is 60.4 Å². The molecule has 0 bridgehead atoms. The van der Waals surface area contributed by atoms with Gasteiger partial charge < -0.3 is 14.4 Å². The molecule has 25 heavy (non-hydrogen) atoms. The first-order valence-electron chi connectivity index (χ1n) is 8.83. The summed E-state index contributed by atoms with van der Waals surface area (Å²) in [6, 6.07) is 15.7. The van der Waals surface area contributed by atoms with E-state index in [2.05, 4.69) is 0 Å². The van der Waals surface area contributed by atoms with Crippen molar-refractivity contribution in [2.75, 3.05) is 33.4 Å². The van der Waals surface area contributed by atoms with E-state index in [1.165, 1.54) is 0 Å². The van der Waals surface area contributed by atoms with Gasteiger partial charge in [0.2, 0.25) is 0 Å². The Bertz CT molecular complexity index is 708. The number of rotatable bonds is 6. The van der Waals surface area contributed by atoms with Crippen LogP contribution in [0.15, 0.2) is 48.5 Å². The molecule has 1 amide bonds. The van der Waals surface area contributed by atoms with E-state index < -0.39 is 0 Å². The quantitative estimate of drug-likeness (QED) is 0.802. The van der Waals surface area contributed by atoms with Gasteiger partial charge in [0.1, 0.15) is 5.75 Å². The van der Waals surface area contributed by atoms with Gasteiger partial charge in [-0.15, -0.1) is 0 Å². The normalized spacial score (nSPS) is 16.6. The predicted octanol–water partition coefficient (Wildman–Crippen LogP) is 3.86. The number of benzene rings is 2. The van der Waals surface area contributed by atoms with Crippen molar-refractivity contribution in [1.29, 1.82) is 0 Å². The predicted molar refractivity (Wildman–Crippen MR) is 98.9 cm³/mol. The highest BCUT2D eigenvalue weighted by Gasteiger charge is 2.23. The van der Waals surface area contributed by atoms with Crippen molar-refractivity contribution in [3.63, 3.8) is 0 Å². The molecule has 4 nitrogen and oxygen atoms in total. The van der Waals surface area contributed by atoms with Gasteiger partial charge in [-0.25, -0.2) is 0 Å². The maximum absolute atomic E-state index is 13.0. The molecule has 1 heterocycles. The van der Waals surface area contributed by atoms with Crippen molar-refractivity contribution < 1.29 is 14.3 Å². The van der Waals surface area contributed by atoms with E-state index in [0.29, 0.717) is 18.0 Å². The maximum Gasteiger partial charge on any atom is 0.253 e. The molecular weight excluding hydrogens is 314 g/mol. The molecule has 1 saturated heterocycles. The summed E-state index contributed by atoms with van der Waals surface area (Å²) in [5.74, 6) is 1.28. The first-order chi connectivity index (χ1) is 12.2. The topological polar surface area (TPSA) is 38.8 Å². The highest BCUT2D eigenvalue weighted by Crippen LogP contribution is 2.31. The zero-order valence-electron chi connectivity index (χ0n) is 14.9. The molecule has 0 saturated carbocycles. The lowest BCUT2D eigenvalue weighted by molar-refractivity contribution is 0.0731. The van der Waals surface area contributed by atoms with Crippen LogP contribution in [0.25, 0.3) is 11.1 Å². The standard InChI is InChI=1S/C21H25NO3/c1-3-22(14-16-11-12-25-15-16)21(23)18-9-10-20(24-2)19(13-18)17-7-5-4-6-8-17/h4-10,13,16H,3,11-12,14-15H2,1-2H3. The third-order valence-electron chi connectivity index (χ3n) is 4.70. The van der Waals surface area contributed by atoms with Gasteiger partial charge in [0.15, 0.2) is 0 Å². The lowest BCUT2D eigenvalue weighted by Crippen LogP contribution is -2.35. The molecule has 2 aromatic carbocycles. The molecule has 1 atom stereocenters. The summed E-state index contributed by atoms with van der Waals surface area (Å²) in [6.45, 7) is 5.03. The summed E-state index contributed by atoms with van der Waals surface area (Å²) >= 11 is 0. The number of ether oxygens (including phenoxy) is 2. The highest BCUT2D eigenvalue weighted by atomic mass is 16.5. The van der Waals surface area contributed by atoms with Crippen LogP contribution in [-0.2, 0) is 4.74 Å². The molecule has 2 aromatic rings. The number of hydrogen-bond donors (Lipinski definition) is 0. The summed E-state index contributed by atoms with van der Waals surface area (Å²) in [7, 11) is 1.65. The van der Waals surface area contributed by atoms with Crippen LogP contribution in [-0.4, -0.2) is 44.2 Å². The van der Waals surface area contributed by atoms with Gasteiger partial charge in [-0.05, 0) is 37.1 Å². The van der Waals surface area contributed by atoms with E-state index in [4.69, 9.17) is 9.47 Å². The van der Waals surface area contributed by atoms with Crippen LogP contribution < -0.4 is 4.74 Å². The molecule has 0 aliphatic carbocycles. The van der Waals surface area contributed by atoms with E-state index in [-0.39, 0.29) is 5.91 Å². The first-order valence-corrected chi connectivity index (χ1v) is 8.83. The van der Waals surface area contributed by atoms with Crippen molar-refractivity contribution >= 4 is 5.91 Å². The van der Waals surface area contributed by atoms with E-state index in [1.54, 1.807) is 7.11 Å². The zero-order valence-corrected chi connectivity index (χ0v) is 14.9. The Morgan fingerprint density at radius 3 is 2.68 bits per heavy atom. The monoisotopic (exact) mass is 339 g/mol. The van der Waals surface area contributed by atoms with Crippen LogP contribution in [0.4, 0.5) is 0 Å². The molecule has 0 N–H and O–H groups in total. The van der Waals surface area contributed by atoms with Crippen molar-refractivity contribution in [1.82, 2.24) is 4.90 Å². The lowest BCUT2D eigenvalue weighted by atomic mass is 10.0. The third-order valence-corrected chi connectivity index (χ3v) is 4.70. The third kappa shape index (κ3) is 4.02. The Hall–Kier alpha value is -2.33. The molecule has 0 spiro atoms. The highest BCUT2D eigenvalue weighted by molar-refractivity contribution is 5.96. The molecular formula is C21H25NO3. The Balaban J connectivity index is 1.86. The van der Waals surface area contributed by atoms with E-state index >= 15 is 0 Å². The van der Waals surface area contributed by atoms with Crippen molar-refractivity contribution in [3.05, 3.63) is 54.1 Å². The van der Waals surface area contributed by atoms with Gasteiger partial charge in [-0.1, -0.05) is 30.3 Å².